The fourth-order valence-electron chi connectivity index (χ4n) is 3.62. The van der Waals surface area contributed by atoms with Crippen LogP contribution in [0.5, 0.6) is 0 Å². The van der Waals surface area contributed by atoms with Gasteiger partial charge in [0.1, 0.15) is 0 Å². The van der Waals surface area contributed by atoms with Gasteiger partial charge in [-0.3, -0.25) is 9.98 Å². The molecule has 0 N–H and O–H groups in total. The van der Waals surface area contributed by atoms with Crippen molar-refractivity contribution in [3.63, 3.8) is 0 Å². The Morgan fingerprint density at radius 3 is 1.36 bits per heavy atom. The Morgan fingerprint density at radius 2 is 1.05 bits per heavy atom. The van der Waals surface area contributed by atoms with E-state index in [0.29, 0.717) is 12.1 Å². The third-order valence-electron chi connectivity index (χ3n) is 4.83. The SMILES string of the molecule is C=CCC(=NC1CCCCC1)C(CC=C)=NC1CCCCC1. The van der Waals surface area contributed by atoms with Gasteiger partial charge in [-0.25, -0.2) is 0 Å². The average molecular weight is 300 g/mol. The monoisotopic (exact) mass is 300 g/mol. The van der Waals surface area contributed by atoms with Crippen LogP contribution in [-0.4, -0.2) is 23.5 Å². The second-order valence-corrected chi connectivity index (χ2v) is 6.72. The zero-order valence-corrected chi connectivity index (χ0v) is 14.1. The van der Waals surface area contributed by atoms with Gasteiger partial charge in [0.25, 0.3) is 0 Å². The van der Waals surface area contributed by atoms with E-state index in [-0.39, 0.29) is 0 Å². The van der Waals surface area contributed by atoms with Crippen molar-refractivity contribution in [2.75, 3.05) is 0 Å². The summed E-state index contributed by atoms with van der Waals surface area (Å²) in [5.74, 6) is 0. The van der Waals surface area contributed by atoms with E-state index in [1.165, 1.54) is 75.6 Å². The van der Waals surface area contributed by atoms with Crippen molar-refractivity contribution in [2.24, 2.45) is 9.98 Å². The van der Waals surface area contributed by atoms with Crippen LogP contribution in [0, 0.1) is 0 Å². The van der Waals surface area contributed by atoms with Crippen LogP contribution < -0.4 is 0 Å². The third kappa shape index (κ3) is 5.55. The molecule has 0 saturated heterocycles. The van der Waals surface area contributed by atoms with Gasteiger partial charge >= 0.3 is 0 Å². The Labute approximate surface area is 136 Å². The molecule has 0 amide bonds. The van der Waals surface area contributed by atoms with Crippen molar-refractivity contribution in [1.82, 2.24) is 0 Å². The minimum atomic E-state index is 0.505. The van der Waals surface area contributed by atoms with Crippen molar-refractivity contribution in [2.45, 2.75) is 89.1 Å². The number of hydrogen-bond acceptors (Lipinski definition) is 2. The van der Waals surface area contributed by atoms with Crippen LogP contribution in [0.15, 0.2) is 35.3 Å². The molecule has 0 atom stereocenters. The Bertz CT molecular complexity index is 367. The number of allylic oxidation sites excluding steroid dienone is 2. The molecule has 0 aromatic carbocycles. The standard InChI is InChI=1S/C20H32N2/c1-3-11-19(21-17-13-7-5-8-14-17)20(12-4-2)22-18-15-9-6-10-16-18/h3-4,17-18H,1-2,5-16H2. The molecule has 22 heavy (non-hydrogen) atoms. The molecule has 0 unspecified atom stereocenters. The number of aliphatic imine (C=N–C) groups is 2. The molecule has 2 rings (SSSR count). The number of nitrogens with zero attached hydrogens (tertiary/aromatic N) is 2. The number of hydrogen-bond donors (Lipinski definition) is 0. The summed E-state index contributed by atoms with van der Waals surface area (Å²) in [6.07, 6.45) is 18.6. The Kier molecular flexibility index (Phi) is 7.62. The summed E-state index contributed by atoms with van der Waals surface area (Å²) in [5.41, 5.74) is 2.35. The summed E-state index contributed by atoms with van der Waals surface area (Å²) in [7, 11) is 0. The van der Waals surface area contributed by atoms with Crippen LogP contribution in [-0.2, 0) is 0 Å². The average Bonchev–Trinajstić information content (AvgIpc) is 2.56. The molecule has 0 aromatic rings. The van der Waals surface area contributed by atoms with Gasteiger partial charge in [-0.15, -0.1) is 13.2 Å². The van der Waals surface area contributed by atoms with Gasteiger partial charge in [-0.2, -0.15) is 0 Å². The van der Waals surface area contributed by atoms with Gasteiger partial charge in [0.15, 0.2) is 0 Å². The molecule has 0 aromatic heterocycles. The van der Waals surface area contributed by atoms with Gasteiger partial charge in [0.05, 0.1) is 23.5 Å². The van der Waals surface area contributed by atoms with Crippen LogP contribution in [0.4, 0.5) is 0 Å². The smallest absolute Gasteiger partial charge is 0.0602 e. The van der Waals surface area contributed by atoms with E-state index >= 15 is 0 Å². The lowest BCUT2D eigenvalue weighted by molar-refractivity contribution is 0.441. The lowest BCUT2D eigenvalue weighted by Crippen LogP contribution is -2.22. The molecule has 0 spiro atoms. The minimum absolute atomic E-state index is 0.505. The topological polar surface area (TPSA) is 24.7 Å². The second kappa shape index (κ2) is 9.76. The zero-order chi connectivity index (χ0) is 15.6. The van der Waals surface area contributed by atoms with Crippen molar-refractivity contribution < 1.29 is 0 Å². The van der Waals surface area contributed by atoms with Crippen LogP contribution in [0.2, 0.25) is 0 Å². The molecule has 2 aliphatic carbocycles. The van der Waals surface area contributed by atoms with E-state index in [1.807, 2.05) is 12.2 Å². The summed E-state index contributed by atoms with van der Waals surface area (Å²) < 4.78 is 0. The summed E-state index contributed by atoms with van der Waals surface area (Å²) in [6, 6.07) is 1.01. The van der Waals surface area contributed by atoms with E-state index in [4.69, 9.17) is 9.98 Å². The van der Waals surface area contributed by atoms with Crippen molar-refractivity contribution >= 4 is 11.4 Å². The largest absolute Gasteiger partial charge is 0.284 e. The molecule has 2 nitrogen and oxygen atoms in total. The molecule has 2 saturated carbocycles. The highest BCUT2D eigenvalue weighted by Crippen LogP contribution is 2.23. The van der Waals surface area contributed by atoms with Gasteiger partial charge in [-0.1, -0.05) is 50.7 Å². The molecule has 0 heterocycles. The number of rotatable bonds is 7. The van der Waals surface area contributed by atoms with E-state index < -0.39 is 0 Å². The first-order valence-electron chi connectivity index (χ1n) is 9.19. The van der Waals surface area contributed by atoms with Crippen LogP contribution in [0.1, 0.15) is 77.0 Å². The molecule has 0 bridgehead atoms. The van der Waals surface area contributed by atoms with E-state index in [0.717, 1.165) is 12.8 Å². The lowest BCUT2D eigenvalue weighted by Gasteiger charge is -2.22. The molecule has 0 aliphatic heterocycles. The highest BCUT2D eigenvalue weighted by atomic mass is 14.9. The maximum atomic E-state index is 5.08. The Morgan fingerprint density at radius 1 is 0.682 bits per heavy atom. The van der Waals surface area contributed by atoms with E-state index in [2.05, 4.69) is 13.2 Å². The van der Waals surface area contributed by atoms with Gasteiger partial charge in [-0.05, 0) is 25.7 Å². The predicted octanol–water partition coefficient (Wildman–Crippen LogP) is 5.69. The second-order valence-electron chi connectivity index (χ2n) is 6.72. The molecule has 2 heteroatoms. The first kappa shape index (κ1) is 17.2. The van der Waals surface area contributed by atoms with Crippen LogP contribution in [0.25, 0.3) is 0 Å². The van der Waals surface area contributed by atoms with Crippen LogP contribution >= 0.6 is 0 Å². The normalized spacial score (nSPS) is 22.5. The Hall–Kier alpha value is -1.18. The van der Waals surface area contributed by atoms with E-state index in [1.54, 1.807) is 0 Å². The third-order valence-corrected chi connectivity index (χ3v) is 4.83. The molecule has 122 valence electrons. The summed E-state index contributed by atoms with van der Waals surface area (Å²) in [4.78, 5) is 10.2. The first-order chi connectivity index (χ1) is 10.8. The lowest BCUT2D eigenvalue weighted by atomic mass is 9.94. The quantitative estimate of drug-likeness (QED) is 0.426. The van der Waals surface area contributed by atoms with Crippen molar-refractivity contribution in [1.29, 1.82) is 0 Å². The highest BCUT2D eigenvalue weighted by Gasteiger charge is 2.17. The molecule has 0 radical (unpaired) electrons. The summed E-state index contributed by atoms with van der Waals surface area (Å²) in [6.45, 7) is 7.84. The fourth-order valence-corrected chi connectivity index (χ4v) is 3.62. The zero-order valence-electron chi connectivity index (χ0n) is 14.1. The maximum absolute atomic E-state index is 5.08. The van der Waals surface area contributed by atoms with Crippen molar-refractivity contribution in [3.05, 3.63) is 25.3 Å². The highest BCUT2D eigenvalue weighted by molar-refractivity contribution is 6.43. The summed E-state index contributed by atoms with van der Waals surface area (Å²) >= 11 is 0. The first-order valence-corrected chi connectivity index (χ1v) is 9.19. The maximum Gasteiger partial charge on any atom is 0.0602 e. The fraction of sp³-hybridized carbons (Fsp3) is 0.700. The summed E-state index contributed by atoms with van der Waals surface area (Å²) in [5, 5.41) is 0. The van der Waals surface area contributed by atoms with E-state index in [9.17, 15) is 0 Å². The Balaban J connectivity index is 2.15. The van der Waals surface area contributed by atoms with Crippen LogP contribution in [0.3, 0.4) is 0 Å². The van der Waals surface area contributed by atoms with Gasteiger partial charge in [0.2, 0.25) is 0 Å². The minimum Gasteiger partial charge on any atom is -0.284 e. The predicted molar refractivity (Wildman–Crippen MR) is 98.2 cm³/mol. The van der Waals surface area contributed by atoms with Gasteiger partial charge in [0, 0.05) is 12.8 Å². The molecular formula is C20H32N2. The molecule has 2 aliphatic rings. The molecule has 2 fully saturated rings. The molecular weight excluding hydrogens is 268 g/mol. The van der Waals surface area contributed by atoms with Gasteiger partial charge < -0.3 is 0 Å². The van der Waals surface area contributed by atoms with Crippen molar-refractivity contribution in [3.8, 4) is 0 Å².